The maximum Gasteiger partial charge on any atom is 0.255 e. The number of benzene rings is 1. The summed E-state index contributed by atoms with van der Waals surface area (Å²) in [6.07, 6.45) is 1.79. The molecular weight excluding hydrogens is 399 g/mol. The number of hydrogen-bond donors (Lipinski definition) is 1. The fourth-order valence-electron chi connectivity index (χ4n) is 4.26. The summed E-state index contributed by atoms with van der Waals surface area (Å²) in [4.78, 5) is 32.9. The lowest BCUT2D eigenvalue weighted by atomic mass is 9.90. The van der Waals surface area contributed by atoms with E-state index in [0.717, 1.165) is 5.56 Å². The lowest BCUT2D eigenvalue weighted by Gasteiger charge is -2.39. The predicted molar refractivity (Wildman–Crippen MR) is 116 cm³/mol. The number of amides is 1. The largest absolute Gasteiger partial charge is 0.388 e. The van der Waals surface area contributed by atoms with Crippen molar-refractivity contribution in [1.29, 1.82) is 0 Å². The Morgan fingerprint density at radius 3 is 2.55 bits per heavy atom. The van der Waals surface area contributed by atoms with E-state index in [1.807, 2.05) is 37.3 Å². The molecule has 166 valence electrons. The van der Waals surface area contributed by atoms with Gasteiger partial charge in [0.2, 0.25) is 5.91 Å². The molecule has 0 spiro atoms. The van der Waals surface area contributed by atoms with Gasteiger partial charge in [0, 0.05) is 25.6 Å². The van der Waals surface area contributed by atoms with E-state index in [2.05, 4.69) is 4.98 Å². The van der Waals surface area contributed by atoms with Crippen LogP contribution in [-0.4, -0.2) is 63.4 Å². The highest BCUT2D eigenvalue weighted by Crippen LogP contribution is 2.26. The molecule has 1 N–H and O–H groups in total. The summed E-state index contributed by atoms with van der Waals surface area (Å²) in [6.45, 7) is 3.61. The Kier molecular flexibility index (Phi) is 6.09. The summed E-state index contributed by atoms with van der Waals surface area (Å²) < 4.78 is 14.4. The molecule has 7 nitrogen and oxygen atoms in total. The standard InChI is InChI=1S/C23H29FN4O3/c1-17(18-5-3-2-4-6-18)11-21(29)26-9-7-23(31,8-10-26)15-28-16-25-20(12-22(28)30)27-13-19(24)14-27/h2-6,12,16-17,19,31H,7-11,13-15H2,1H3. The number of rotatable bonds is 6. The molecule has 2 aliphatic rings. The summed E-state index contributed by atoms with van der Waals surface area (Å²) in [5, 5.41) is 11.0. The Hall–Kier alpha value is -2.74. The molecule has 31 heavy (non-hydrogen) atoms. The molecule has 4 rings (SSSR count). The van der Waals surface area contributed by atoms with E-state index in [1.54, 1.807) is 9.80 Å². The minimum atomic E-state index is -1.06. The van der Waals surface area contributed by atoms with E-state index in [4.69, 9.17) is 0 Å². The molecule has 1 amide bonds. The van der Waals surface area contributed by atoms with Crippen LogP contribution in [0.2, 0.25) is 0 Å². The van der Waals surface area contributed by atoms with Gasteiger partial charge in [-0.1, -0.05) is 37.3 Å². The molecule has 3 heterocycles. The smallest absolute Gasteiger partial charge is 0.255 e. The first-order valence-corrected chi connectivity index (χ1v) is 10.8. The Bertz CT molecular complexity index is 966. The van der Waals surface area contributed by atoms with Crippen molar-refractivity contribution in [3.8, 4) is 0 Å². The van der Waals surface area contributed by atoms with Crippen molar-refractivity contribution < 1.29 is 14.3 Å². The molecule has 2 aliphatic heterocycles. The normalized spacial score (nSPS) is 19.7. The highest BCUT2D eigenvalue weighted by molar-refractivity contribution is 5.77. The van der Waals surface area contributed by atoms with E-state index >= 15 is 0 Å². The molecule has 0 saturated carbocycles. The van der Waals surface area contributed by atoms with Gasteiger partial charge in [0.15, 0.2) is 0 Å². The van der Waals surface area contributed by atoms with Crippen molar-refractivity contribution in [2.45, 2.75) is 50.4 Å². The molecule has 0 radical (unpaired) electrons. The van der Waals surface area contributed by atoms with E-state index in [0.29, 0.717) is 38.2 Å². The second-order valence-electron chi connectivity index (χ2n) is 8.84. The summed E-state index contributed by atoms with van der Waals surface area (Å²) in [7, 11) is 0. The van der Waals surface area contributed by atoms with Gasteiger partial charge in [-0.25, -0.2) is 9.37 Å². The van der Waals surface area contributed by atoms with Gasteiger partial charge in [-0.05, 0) is 24.3 Å². The van der Waals surface area contributed by atoms with Gasteiger partial charge >= 0.3 is 0 Å². The van der Waals surface area contributed by atoms with Crippen LogP contribution < -0.4 is 10.5 Å². The van der Waals surface area contributed by atoms with Crippen molar-refractivity contribution >= 4 is 11.7 Å². The maximum absolute atomic E-state index is 13.0. The van der Waals surface area contributed by atoms with Crippen LogP contribution in [0, 0.1) is 0 Å². The van der Waals surface area contributed by atoms with Gasteiger partial charge in [-0.2, -0.15) is 0 Å². The molecule has 2 aromatic rings. The first-order valence-electron chi connectivity index (χ1n) is 10.8. The van der Waals surface area contributed by atoms with Gasteiger partial charge in [-0.3, -0.25) is 14.2 Å². The van der Waals surface area contributed by atoms with Crippen LogP contribution in [0.25, 0.3) is 0 Å². The first kappa shape index (κ1) is 21.5. The number of nitrogens with zero attached hydrogens (tertiary/aromatic N) is 4. The molecule has 1 aromatic carbocycles. The predicted octanol–water partition coefficient (Wildman–Crippen LogP) is 1.95. The monoisotopic (exact) mass is 428 g/mol. The number of alkyl halides is 1. The highest BCUT2D eigenvalue weighted by Gasteiger charge is 2.35. The number of likely N-dealkylation sites (tertiary alicyclic amines) is 1. The topological polar surface area (TPSA) is 78.7 Å². The van der Waals surface area contributed by atoms with Crippen LogP contribution in [0.3, 0.4) is 0 Å². The van der Waals surface area contributed by atoms with Crippen molar-refractivity contribution in [1.82, 2.24) is 14.5 Å². The van der Waals surface area contributed by atoms with Gasteiger partial charge in [0.1, 0.15) is 12.0 Å². The summed E-state index contributed by atoms with van der Waals surface area (Å²) in [6, 6.07) is 11.4. The molecule has 1 atom stereocenters. The van der Waals surface area contributed by atoms with Crippen LogP contribution in [0.15, 0.2) is 47.5 Å². The third kappa shape index (κ3) is 4.95. The fourth-order valence-corrected chi connectivity index (χ4v) is 4.26. The van der Waals surface area contributed by atoms with Gasteiger partial charge < -0.3 is 14.9 Å². The Balaban J connectivity index is 1.31. The second-order valence-corrected chi connectivity index (χ2v) is 8.84. The van der Waals surface area contributed by atoms with Gasteiger partial charge in [0.25, 0.3) is 5.56 Å². The Morgan fingerprint density at radius 1 is 1.26 bits per heavy atom. The molecule has 2 saturated heterocycles. The highest BCUT2D eigenvalue weighted by atomic mass is 19.1. The number of piperidine rings is 1. The third-order valence-corrected chi connectivity index (χ3v) is 6.39. The van der Waals surface area contributed by atoms with Gasteiger partial charge in [-0.15, -0.1) is 0 Å². The van der Waals surface area contributed by atoms with Crippen LogP contribution in [0.5, 0.6) is 0 Å². The number of aromatic nitrogens is 2. The van der Waals surface area contributed by atoms with E-state index < -0.39 is 11.8 Å². The number of aliphatic hydroxyl groups is 1. The molecular formula is C23H29FN4O3. The third-order valence-electron chi connectivity index (χ3n) is 6.39. The van der Waals surface area contributed by atoms with Crippen molar-refractivity contribution in [3.05, 3.63) is 58.6 Å². The van der Waals surface area contributed by atoms with E-state index in [1.165, 1.54) is 17.0 Å². The van der Waals surface area contributed by atoms with Crippen LogP contribution in [-0.2, 0) is 11.3 Å². The average molecular weight is 429 g/mol. The van der Waals surface area contributed by atoms with E-state index in [-0.39, 0.29) is 37.0 Å². The Labute approximate surface area is 181 Å². The zero-order valence-electron chi connectivity index (χ0n) is 17.8. The fraction of sp³-hybridized carbons (Fsp3) is 0.522. The molecule has 8 heteroatoms. The molecule has 0 bridgehead atoms. The number of anilines is 1. The van der Waals surface area contributed by atoms with E-state index in [9.17, 15) is 19.1 Å². The van der Waals surface area contributed by atoms with Crippen LogP contribution >= 0.6 is 0 Å². The lowest BCUT2D eigenvalue weighted by molar-refractivity contribution is -0.136. The zero-order chi connectivity index (χ0) is 22.0. The quantitative estimate of drug-likeness (QED) is 0.761. The summed E-state index contributed by atoms with van der Waals surface area (Å²) in [5.41, 5.74) is -0.189. The summed E-state index contributed by atoms with van der Waals surface area (Å²) >= 11 is 0. The summed E-state index contributed by atoms with van der Waals surface area (Å²) in [5.74, 6) is 0.689. The Morgan fingerprint density at radius 2 is 1.94 bits per heavy atom. The van der Waals surface area contributed by atoms with Crippen molar-refractivity contribution in [2.24, 2.45) is 0 Å². The van der Waals surface area contributed by atoms with Crippen molar-refractivity contribution in [3.63, 3.8) is 0 Å². The number of halogens is 1. The lowest BCUT2D eigenvalue weighted by Crippen LogP contribution is -2.50. The number of hydrogen-bond acceptors (Lipinski definition) is 5. The van der Waals surface area contributed by atoms with Gasteiger partial charge in [0.05, 0.1) is 31.6 Å². The number of carbonyl (C=O) groups excluding carboxylic acids is 1. The molecule has 0 aliphatic carbocycles. The maximum atomic E-state index is 13.0. The zero-order valence-corrected chi connectivity index (χ0v) is 17.8. The minimum Gasteiger partial charge on any atom is -0.388 e. The molecule has 1 unspecified atom stereocenters. The molecule has 1 aromatic heterocycles. The number of carbonyl (C=O) groups is 1. The van der Waals surface area contributed by atoms with Crippen LogP contribution in [0.1, 0.15) is 37.7 Å². The second kappa shape index (κ2) is 8.78. The first-order chi connectivity index (χ1) is 14.8. The van der Waals surface area contributed by atoms with Crippen LogP contribution in [0.4, 0.5) is 10.2 Å². The molecule has 2 fully saturated rings. The average Bonchev–Trinajstić information content (AvgIpc) is 2.74. The van der Waals surface area contributed by atoms with Crippen molar-refractivity contribution in [2.75, 3.05) is 31.1 Å². The SMILES string of the molecule is CC(CC(=O)N1CCC(O)(Cn2cnc(N3CC(F)C3)cc2=O)CC1)c1ccccc1. The minimum absolute atomic E-state index is 0.0855.